The van der Waals surface area contributed by atoms with E-state index in [1.165, 1.54) is 0 Å². The van der Waals surface area contributed by atoms with Crippen LogP contribution in [0.4, 0.5) is 5.69 Å². The lowest BCUT2D eigenvalue weighted by Gasteiger charge is -2.00. The van der Waals surface area contributed by atoms with Crippen molar-refractivity contribution < 1.29 is 0 Å². The first-order valence-electron chi connectivity index (χ1n) is 5.30. The molecule has 0 radical (unpaired) electrons. The second-order valence-corrected chi connectivity index (χ2v) is 4.88. The molecule has 0 aromatic carbocycles. The number of imidazole rings is 1. The van der Waals surface area contributed by atoms with E-state index in [1.54, 1.807) is 17.5 Å². The number of aryl methyl sites for hydroxylation is 2. The number of aromatic nitrogens is 3. The van der Waals surface area contributed by atoms with Gasteiger partial charge in [0, 0.05) is 13.2 Å². The van der Waals surface area contributed by atoms with E-state index in [4.69, 9.17) is 5.73 Å². The molecule has 5 heteroatoms. The first kappa shape index (κ1) is 10.3. The van der Waals surface area contributed by atoms with Crippen LogP contribution in [0, 0.1) is 6.92 Å². The normalized spacial score (nSPS) is 11.2. The monoisotopic (exact) mass is 244 g/mol. The lowest BCUT2D eigenvalue weighted by molar-refractivity contribution is 0.945. The van der Waals surface area contributed by atoms with Crippen molar-refractivity contribution in [1.82, 2.24) is 14.5 Å². The Bertz CT molecular complexity index is 696. The van der Waals surface area contributed by atoms with Crippen molar-refractivity contribution in [3.05, 3.63) is 29.3 Å². The highest BCUT2D eigenvalue weighted by atomic mass is 32.1. The van der Waals surface area contributed by atoms with E-state index in [0.717, 1.165) is 33.1 Å². The van der Waals surface area contributed by atoms with Crippen LogP contribution in [0.3, 0.4) is 0 Å². The highest BCUT2D eigenvalue weighted by Crippen LogP contribution is 2.34. The van der Waals surface area contributed by atoms with Gasteiger partial charge in [-0.15, -0.1) is 11.3 Å². The Morgan fingerprint density at radius 2 is 2.24 bits per heavy atom. The third kappa shape index (κ3) is 1.43. The third-order valence-electron chi connectivity index (χ3n) is 2.85. The first-order valence-corrected chi connectivity index (χ1v) is 6.18. The summed E-state index contributed by atoms with van der Waals surface area (Å²) in [5.74, 6) is 0.884. The molecule has 0 aliphatic carbocycles. The fraction of sp³-hybridized carbons (Fsp3) is 0.167. The van der Waals surface area contributed by atoms with E-state index in [2.05, 4.69) is 15.3 Å². The maximum Gasteiger partial charge on any atom is 0.160 e. The Morgan fingerprint density at radius 3 is 2.88 bits per heavy atom. The predicted octanol–water partition coefficient (Wildman–Crippen LogP) is 2.59. The van der Waals surface area contributed by atoms with E-state index >= 15 is 0 Å². The van der Waals surface area contributed by atoms with Crippen LogP contribution in [-0.4, -0.2) is 14.5 Å². The van der Waals surface area contributed by atoms with Crippen LogP contribution in [0.15, 0.2) is 23.7 Å². The molecule has 0 saturated carbocycles. The predicted molar refractivity (Wildman–Crippen MR) is 71.0 cm³/mol. The van der Waals surface area contributed by atoms with Gasteiger partial charge in [-0.25, -0.2) is 9.97 Å². The summed E-state index contributed by atoms with van der Waals surface area (Å²) in [6, 6.07) is 3.85. The number of anilines is 1. The number of nitrogens with zero attached hydrogens (tertiary/aromatic N) is 3. The third-order valence-corrected chi connectivity index (χ3v) is 3.96. The molecule has 0 amide bonds. The number of rotatable bonds is 1. The van der Waals surface area contributed by atoms with Gasteiger partial charge in [0.1, 0.15) is 5.52 Å². The molecular weight excluding hydrogens is 232 g/mol. The molecule has 3 aromatic heterocycles. The first-order chi connectivity index (χ1) is 8.18. The van der Waals surface area contributed by atoms with Crippen LogP contribution in [0.5, 0.6) is 0 Å². The van der Waals surface area contributed by atoms with Crippen LogP contribution < -0.4 is 5.73 Å². The number of hydrogen-bond acceptors (Lipinski definition) is 4. The zero-order chi connectivity index (χ0) is 12.0. The molecule has 4 nitrogen and oxygen atoms in total. The zero-order valence-corrected chi connectivity index (χ0v) is 10.5. The van der Waals surface area contributed by atoms with Crippen molar-refractivity contribution in [3.63, 3.8) is 0 Å². The number of thiophene rings is 1. The second kappa shape index (κ2) is 3.56. The number of fused-ring (bicyclic) bond motifs is 1. The SMILES string of the molecule is Cc1csc(-c2nc3cccnc3n2C)c1N. The van der Waals surface area contributed by atoms with Gasteiger partial charge in [-0.05, 0) is 30.0 Å². The lowest BCUT2D eigenvalue weighted by atomic mass is 10.3. The molecule has 0 aliphatic heterocycles. The van der Waals surface area contributed by atoms with E-state index < -0.39 is 0 Å². The van der Waals surface area contributed by atoms with Gasteiger partial charge in [0.25, 0.3) is 0 Å². The summed E-state index contributed by atoms with van der Waals surface area (Å²) in [6.07, 6.45) is 1.77. The second-order valence-electron chi connectivity index (χ2n) is 4.00. The topological polar surface area (TPSA) is 56.7 Å². The molecule has 86 valence electrons. The molecule has 2 N–H and O–H groups in total. The molecule has 0 bridgehead atoms. The van der Waals surface area contributed by atoms with Gasteiger partial charge in [-0.2, -0.15) is 0 Å². The molecule has 3 aromatic rings. The quantitative estimate of drug-likeness (QED) is 0.715. The summed E-state index contributed by atoms with van der Waals surface area (Å²) >= 11 is 1.62. The minimum Gasteiger partial charge on any atom is -0.397 e. The van der Waals surface area contributed by atoms with Gasteiger partial charge >= 0.3 is 0 Å². The summed E-state index contributed by atoms with van der Waals surface area (Å²) in [7, 11) is 1.96. The molecule has 0 spiro atoms. The maximum atomic E-state index is 6.06. The molecule has 17 heavy (non-hydrogen) atoms. The number of nitrogen functional groups attached to an aromatic ring is 1. The van der Waals surface area contributed by atoms with Crippen LogP contribution in [0.1, 0.15) is 5.56 Å². The molecule has 3 heterocycles. The molecule has 0 saturated heterocycles. The smallest absolute Gasteiger partial charge is 0.160 e. The molecule has 0 fully saturated rings. The van der Waals surface area contributed by atoms with Gasteiger partial charge in [0.15, 0.2) is 11.5 Å². The Balaban J connectivity index is 2.31. The average molecular weight is 244 g/mol. The largest absolute Gasteiger partial charge is 0.397 e. The Kier molecular flexibility index (Phi) is 2.16. The molecule has 3 rings (SSSR count). The van der Waals surface area contributed by atoms with Gasteiger partial charge in [0.2, 0.25) is 0 Å². The van der Waals surface area contributed by atoms with Crippen molar-refractivity contribution in [2.75, 3.05) is 5.73 Å². The van der Waals surface area contributed by atoms with Crippen molar-refractivity contribution in [3.8, 4) is 10.7 Å². The van der Waals surface area contributed by atoms with Gasteiger partial charge in [0.05, 0.1) is 10.6 Å². The van der Waals surface area contributed by atoms with Crippen LogP contribution >= 0.6 is 11.3 Å². The highest BCUT2D eigenvalue weighted by Gasteiger charge is 2.15. The van der Waals surface area contributed by atoms with E-state index in [0.29, 0.717) is 0 Å². The number of pyridine rings is 1. The van der Waals surface area contributed by atoms with Crippen LogP contribution in [0.2, 0.25) is 0 Å². The van der Waals surface area contributed by atoms with E-state index in [-0.39, 0.29) is 0 Å². The Labute approximate surface area is 103 Å². The van der Waals surface area contributed by atoms with Gasteiger partial charge in [-0.3, -0.25) is 0 Å². The Morgan fingerprint density at radius 1 is 1.41 bits per heavy atom. The van der Waals surface area contributed by atoms with Gasteiger partial charge < -0.3 is 10.3 Å². The van der Waals surface area contributed by atoms with E-state index in [9.17, 15) is 0 Å². The van der Waals surface area contributed by atoms with Crippen LogP contribution in [-0.2, 0) is 7.05 Å². The summed E-state index contributed by atoms with van der Waals surface area (Å²) in [4.78, 5) is 9.93. The van der Waals surface area contributed by atoms with E-state index in [1.807, 2.05) is 30.7 Å². The lowest BCUT2D eigenvalue weighted by Crippen LogP contribution is -1.95. The molecule has 0 aliphatic rings. The van der Waals surface area contributed by atoms with Gasteiger partial charge in [-0.1, -0.05) is 0 Å². The Hall–Kier alpha value is -1.88. The molecule has 0 unspecified atom stereocenters. The van der Waals surface area contributed by atoms with Crippen molar-refractivity contribution in [1.29, 1.82) is 0 Å². The minimum absolute atomic E-state index is 0.813. The van der Waals surface area contributed by atoms with Crippen molar-refractivity contribution in [2.45, 2.75) is 6.92 Å². The zero-order valence-electron chi connectivity index (χ0n) is 9.64. The highest BCUT2D eigenvalue weighted by molar-refractivity contribution is 7.14. The minimum atomic E-state index is 0.813. The van der Waals surface area contributed by atoms with Crippen molar-refractivity contribution >= 4 is 28.2 Å². The number of hydrogen-bond donors (Lipinski definition) is 1. The fourth-order valence-corrected chi connectivity index (χ4v) is 2.85. The average Bonchev–Trinajstić information content (AvgIpc) is 2.83. The summed E-state index contributed by atoms with van der Waals surface area (Å²) in [5, 5.41) is 2.05. The molecular formula is C12H12N4S. The summed E-state index contributed by atoms with van der Waals surface area (Å²) < 4.78 is 1.98. The van der Waals surface area contributed by atoms with Crippen molar-refractivity contribution in [2.24, 2.45) is 7.05 Å². The summed E-state index contributed by atoms with van der Waals surface area (Å²) in [6.45, 7) is 2.01. The van der Waals surface area contributed by atoms with Crippen LogP contribution in [0.25, 0.3) is 21.9 Å². The fourth-order valence-electron chi connectivity index (χ4n) is 1.85. The standard InChI is InChI=1S/C12H12N4S/c1-7-6-17-10(9(7)13)12-15-8-4-3-5-14-11(8)16(12)2/h3-6H,13H2,1-2H3. The molecule has 0 atom stereocenters. The number of nitrogens with two attached hydrogens (primary N) is 1. The summed E-state index contributed by atoms with van der Waals surface area (Å²) in [5.41, 5.74) is 9.76. The maximum absolute atomic E-state index is 6.06.